The molecule has 1 atom stereocenters. The second kappa shape index (κ2) is 4.45. The first-order valence-corrected chi connectivity index (χ1v) is 4.59. The summed E-state index contributed by atoms with van der Waals surface area (Å²) in [5, 5.41) is 3.94. The monoisotopic (exact) mass is 170 g/mol. The second-order valence-corrected chi connectivity index (χ2v) is 3.60. The van der Waals surface area contributed by atoms with Gasteiger partial charge in [0.05, 0.1) is 6.21 Å². The molecule has 1 heterocycles. The van der Waals surface area contributed by atoms with E-state index in [9.17, 15) is 0 Å². The van der Waals surface area contributed by atoms with Crippen molar-refractivity contribution in [2.75, 3.05) is 13.6 Å². The van der Waals surface area contributed by atoms with E-state index >= 15 is 0 Å². The molecular weight excluding hydrogens is 152 g/mol. The highest BCUT2D eigenvalue weighted by Crippen LogP contribution is 2.12. The van der Waals surface area contributed by atoms with E-state index in [2.05, 4.69) is 17.1 Å². The van der Waals surface area contributed by atoms with Gasteiger partial charge in [0.1, 0.15) is 6.10 Å². The van der Waals surface area contributed by atoms with Gasteiger partial charge in [-0.1, -0.05) is 5.16 Å². The van der Waals surface area contributed by atoms with Crippen molar-refractivity contribution in [3.8, 4) is 0 Å². The normalized spacial score (nSPS) is 25.8. The van der Waals surface area contributed by atoms with E-state index in [1.54, 1.807) is 0 Å². The Labute approximate surface area is 74.4 Å². The van der Waals surface area contributed by atoms with Crippen LogP contribution in [0.5, 0.6) is 0 Å². The van der Waals surface area contributed by atoms with Crippen molar-refractivity contribution in [3.05, 3.63) is 0 Å². The van der Waals surface area contributed by atoms with E-state index in [-0.39, 0.29) is 6.10 Å². The molecule has 70 valence electrons. The van der Waals surface area contributed by atoms with Gasteiger partial charge in [0.15, 0.2) is 0 Å². The Bertz CT molecular complexity index is 157. The van der Waals surface area contributed by atoms with Crippen LogP contribution in [0.25, 0.3) is 0 Å². The number of nitrogens with zero attached hydrogens (tertiary/aromatic N) is 2. The zero-order chi connectivity index (χ0) is 8.97. The van der Waals surface area contributed by atoms with Crippen molar-refractivity contribution < 1.29 is 4.84 Å². The average molecular weight is 170 g/mol. The Kier molecular flexibility index (Phi) is 3.53. The molecule has 0 spiro atoms. The van der Waals surface area contributed by atoms with Gasteiger partial charge in [-0.3, -0.25) is 4.90 Å². The van der Waals surface area contributed by atoms with E-state index in [0.717, 1.165) is 0 Å². The highest BCUT2D eigenvalue weighted by atomic mass is 16.6. The molecule has 0 aromatic rings. The molecule has 0 unspecified atom stereocenters. The third kappa shape index (κ3) is 2.81. The molecule has 0 aliphatic carbocycles. The van der Waals surface area contributed by atoms with Crippen molar-refractivity contribution >= 4 is 6.21 Å². The van der Waals surface area contributed by atoms with E-state index in [1.165, 1.54) is 19.4 Å². The first kappa shape index (κ1) is 9.52. The van der Waals surface area contributed by atoms with E-state index in [0.29, 0.717) is 6.04 Å². The van der Waals surface area contributed by atoms with Crippen molar-refractivity contribution in [1.29, 1.82) is 0 Å². The van der Waals surface area contributed by atoms with Crippen LogP contribution in [0.2, 0.25) is 0 Å². The van der Waals surface area contributed by atoms with Crippen molar-refractivity contribution in [2.24, 2.45) is 5.16 Å². The van der Waals surface area contributed by atoms with Gasteiger partial charge >= 0.3 is 0 Å². The van der Waals surface area contributed by atoms with E-state index < -0.39 is 0 Å². The highest BCUT2D eigenvalue weighted by Gasteiger charge is 2.18. The Morgan fingerprint density at radius 2 is 2.33 bits per heavy atom. The van der Waals surface area contributed by atoms with Crippen LogP contribution < -0.4 is 0 Å². The molecule has 1 rings (SSSR count). The van der Waals surface area contributed by atoms with Gasteiger partial charge in [0.25, 0.3) is 0 Å². The quantitative estimate of drug-likeness (QED) is 0.473. The summed E-state index contributed by atoms with van der Waals surface area (Å²) in [6, 6.07) is 0.490. The molecule has 1 saturated heterocycles. The maximum absolute atomic E-state index is 5.09. The summed E-state index contributed by atoms with van der Waals surface area (Å²) in [6.07, 6.45) is 4.58. The number of likely N-dealkylation sites (tertiary alicyclic amines) is 1. The molecule has 0 aromatic carbocycles. The van der Waals surface area contributed by atoms with Gasteiger partial charge < -0.3 is 4.84 Å². The van der Waals surface area contributed by atoms with Crippen molar-refractivity contribution in [2.45, 2.75) is 38.8 Å². The van der Waals surface area contributed by atoms with Crippen LogP contribution in [-0.4, -0.2) is 36.9 Å². The smallest absolute Gasteiger partial charge is 0.122 e. The molecule has 1 aliphatic heterocycles. The zero-order valence-corrected chi connectivity index (χ0v) is 8.16. The predicted octanol–water partition coefficient (Wildman–Crippen LogP) is 1.49. The van der Waals surface area contributed by atoms with Crippen LogP contribution in [0, 0.1) is 0 Å². The summed E-state index contributed by atoms with van der Waals surface area (Å²) < 4.78 is 0. The average Bonchev–Trinajstić information content (AvgIpc) is 2.36. The van der Waals surface area contributed by atoms with Crippen molar-refractivity contribution in [1.82, 2.24) is 4.90 Å². The topological polar surface area (TPSA) is 24.8 Å². The lowest BCUT2D eigenvalue weighted by Gasteiger charge is -2.13. The molecule has 3 heteroatoms. The van der Waals surface area contributed by atoms with Crippen LogP contribution in [0.1, 0.15) is 26.7 Å². The fourth-order valence-electron chi connectivity index (χ4n) is 1.35. The van der Waals surface area contributed by atoms with Crippen LogP contribution in [0.3, 0.4) is 0 Å². The number of oxime groups is 1. The van der Waals surface area contributed by atoms with Crippen LogP contribution in [0.4, 0.5) is 0 Å². The minimum Gasteiger partial charge on any atom is -0.393 e. The van der Waals surface area contributed by atoms with Gasteiger partial charge in [-0.05, 0) is 40.3 Å². The standard InChI is InChI=1S/C9H18N2O/c1-8(2)12-10-7-9-5-4-6-11(9)3/h7-9H,4-6H2,1-3H3/b10-7-/t9-/m0/s1. The van der Waals surface area contributed by atoms with Crippen molar-refractivity contribution in [3.63, 3.8) is 0 Å². The molecule has 0 radical (unpaired) electrons. The Hall–Kier alpha value is -0.570. The molecule has 0 aromatic heterocycles. The third-order valence-electron chi connectivity index (χ3n) is 2.08. The maximum Gasteiger partial charge on any atom is 0.122 e. The van der Waals surface area contributed by atoms with Gasteiger partial charge in [0.2, 0.25) is 0 Å². The van der Waals surface area contributed by atoms with Gasteiger partial charge in [0, 0.05) is 6.04 Å². The minimum atomic E-state index is 0.188. The molecule has 3 nitrogen and oxygen atoms in total. The zero-order valence-electron chi connectivity index (χ0n) is 8.16. The number of hydrogen-bond acceptors (Lipinski definition) is 3. The molecule has 0 bridgehead atoms. The third-order valence-corrected chi connectivity index (χ3v) is 2.08. The van der Waals surface area contributed by atoms with Crippen LogP contribution in [0.15, 0.2) is 5.16 Å². The summed E-state index contributed by atoms with van der Waals surface area (Å²) in [4.78, 5) is 7.39. The summed E-state index contributed by atoms with van der Waals surface area (Å²) in [5.41, 5.74) is 0. The first-order valence-electron chi connectivity index (χ1n) is 4.59. The number of rotatable bonds is 3. The molecule has 0 saturated carbocycles. The first-order chi connectivity index (χ1) is 5.70. The summed E-state index contributed by atoms with van der Waals surface area (Å²) in [6.45, 7) is 5.14. The van der Waals surface area contributed by atoms with Gasteiger partial charge in [-0.2, -0.15) is 0 Å². The molecular formula is C9H18N2O. The van der Waals surface area contributed by atoms with E-state index in [1.807, 2.05) is 20.1 Å². The lowest BCUT2D eigenvalue weighted by atomic mass is 10.2. The highest BCUT2D eigenvalue weighted by molar-refractivity contribution is 5.64. The minimum absolute atomic E-state index is 0.188. The lowest BCUT2D eigenvalue weighted by molar-refractivity contribution is 0.0858. The van der Waals surface area contributed by atoms with Gasteiger partial charge in [-0.15, -0.1) is 0 Å². The predicted molar refractivity (Wildman–Crippen MR) is 50.4 cm³/mol. The number of hydrogen-bond donors (Lipinski definition) is 0. The fourth-order valence-corrected chi connectivity index (χ4v) is 1.35. The summed E-state index contributed by atoms with van der Waals surface area (Å²) >= 11 is 0. The Morgan fingerprint density at radius 3 is 2.83 bits per heavy atom. The van der Waals surface area contributed by atoms with Gasteiger partial charge in [-0.25, -0.2) is 0 Å². The molecule has 0 N–H and O–H groups in total. The van der Waals surface area contributed by atoms with Crippen LogP contribution >= 0.6 is 0 Å². The Balaban J connectivity index is 2.25. The second-order valence-electron chi connectivity index (χ2n) is 3.60. The summed E-state index contributed by atoms with van der Waals surface area (Å²) in [7, 11) is 2.12. The summed E-state index contributed by atoms with van der Waals surface area (Å²) in [5.74, 6) is 0. The fraction of sp³-hybridized carbons (Fsp3) is 0.889. The molecule has 0 amide bonds. The SMILES string of the molecule is CC(C)O/N=C\[C@@H]1CCCN1C. The maximum atomic E-state index is 5.09. The molecule has 1 aliphatic rings. The Morgan fingerprint density at radius 1 is 1.58 bits per heavy atom. The molecule has 12 heavy (non-hydrogen) atoms. The van der Waals surface area contributed by atoms with E-state index in [4.69, 9.17) is 4.84 Å². The lowest BCUT2D eigenvalue weighted by Crippen LogP contribution is -2.26. The largest absolute Gasteiger partial charge is 0.393 e. The van der Waals surface area contributed by atoms with Crippen LogP contribution in [-0.2, 0) is 4.84 Å². The molecule has 1 fully saturated rings.